The summed E-state index contributed by atoms with van der Waals surface area (Å²) in [5.41, 5.74) is -0.226. The first-order valence-electron chi connectivity index (χ1n) is 6.94. The van der Waals surface area contributed by atoms with Crippen molar-refractivity contribution < 1.29 is 4.74 Å². The third-order valence-corrected chi connectivity index (χ3v) is 4.92. The van der Waals surface area contributed by atoms with Gasteiger partial charge < -0.3 is 4.74 Å². The normalized spacial score (nSPS) is 21.2. The van der Waals surface area contributed by atoms with E-state index in [2.05, 4.69) is 27.0 Å². The van der Waals surface area contributed by atoms with Gasteiger partial charge in [0, 0.05) is 23.5 Å². The summed E-state index contributed by atoms with van der Waals surface area (Å²) in [4.78, 5) is 3.96. The van der Waals surface area contributed by atoms with Crippen LogP contribution < -0.4 is 0 Å². The molecule has 1 atom stereocenters. The molecule has 5 nitrogen and oxygen atoms in total. The Labute approximate surface area is 147 Å². The van der Waals surface area contributed by atoms with E-state index in [1.54, 1.807) is 36.7 Å². The van der Waals surface area contributed by atoms with E-state index in [9.17, 15) is 15.8 Å². The van der Waals surface area contributed by atoms with Crippen LogP contribution in [-0.2, 0) is 4.74 Å². The summed E-state index contributed by atoms with van der Waals surface area (Å²) < 4.78 is 4.15. The topological polar surface area (TPSA) is 93.5 Å². The van der Waals surface area contributed by atoms with Crippen molar-refractivity contribution in [2.24, 2.45) is 0 Å². The molecule has 3 rings (SSSR count). The third kappa shape index (κ3) is 2.07. The summed E-state index contributed by atoms with van der Waals surface area (Å²) in [5, 5.41) is 29.0. The molecule has 1 aliphatic rings. The number of aromatic nitrogens is 1. The van der Waals surface area contributed by atoms with Crippen molar-refractivity contribution in [3.8, 4) is 18.2 Å². The van der Waals surface area contributed by atoms with Crippen LogP contribution in [0.3, 0.4) is 0 Å². The van der Waals surface area contributed by atoms with E-state index < -0.39 is 9.93 Å². The number of hydrogen-bond donors (Lipinski definition) is 0. The smallest absolute Gasteiger partial charge is 0.312 e. The highest BCUT2D eigenvalue weighted by Gasteiger charge is 2.63. The van der Waals surface area contributed by atoms with Crippen molar-refractivity contribution >= 4 is 27.3 Å². The summed E-state index contributed by atoms with van der Waals surface area (Å²) in [5.74, 6) is 0.310. The van der Waals surface area contributed by atoms with Crippen LogP contribution in [-0.4, -0.2) is 14.9 Å². The van der Waals surface area contributed by atoms with Gasteiger partial charge in [-0.1, -0.05) is 46.3 Å². The second-order valence-corrected chi connectivity index (χ2v) is 6.27. The van der Waals surface area contributed by atoms with Gasteiger partial charge in [-0.25, -0.2) is 0 Å². The number of benzene rings is 1. The van der Waals surface area contributed by atoms with Crippen molar-refractivity contribution in [3.63, 3.8) is 0 Å². The highest BCUT2D eigenvalue weighted by Crippen LogP contribution is 2.55. The van der Waals surface area contributed by atoms with Gasteiger partial charge in [0.1, 0.15) is 17.9 Å². The molecule has 1 aromatic carbocycles. The molecule has 24 heavy (non-hydrogen) atoms. The van der Waals surface area contributed by atoms with Gasteiger partial charge in [0.05, 0.1) is 6.07 Å². The van der Waals surface area contributed by atoms with E-state index in [0.717, 1.165) is 0 Å². The maximum Gasteiger partial charge on any atom is 0.312 e. The van der Waals surface area contributed by atoms with Crippen LogP contribution in [0.2, 0.25) is 0 Å². The van der Waals surface area contributed by atoms with E-state index in [-0.39, 0.29) is 0 Å². The van der Waals surface area contributed by atoms with Crippen LogP contribution in [0, 0.1) is 34.0 Å². The van der Waals surface area contributed by atoms with Gasteiger partial charge in [-0.05, 0) is 17.7 Å². The van der Waals surface area contributed by atoms with Gasteiger partial charge in [0.15, 0.2) is 0 Å². The maximum atomic E-state index is 9.79. The number of halogens is 1. The fourth-order valence-corrected chi connectivity index (χ4v) is 3.27. The Bertz CT molecular complexity index is 921. The lowest BCUT2D eigenvalue weighted by Gasteiger charge is -2.25. The highest BCUT2D eigenvalue weighted by molar-refractivity contribution is 9.10. The van der Waals surface area contributed by atoms with E-state index in [1.807, 2.05) is 30.3 Å². The maximum absolute atomic E-state index is 9.79. The molecule has 0 saturated carbocycles. The lowest BCUT2D eigenvalue weighted by molar-refractivity contribution is 0.166. The van der Waals surface area contributed by atoms with E-state index in [4.69, 9.17) is 4.74 Å². The van der Waals surface area contributed by atoms with Crippen LogP contribution in [0.15, 0.2) is 54.9 Å². The van der Waals surface area contributed by atoms with Gasteiger partial charge in [-0.15, -0.1) is 0 Å². The molecule has 114 valence electrons. The average molecular weight is 377 g/mol. The van der Waals surface area contributed by atoms with Gasteiger partial charge in [0.25, 0.3) is 0 Å². The summed E-state index contributed by atoms with van der Waals surface area (Å²) >= 11 is 3.33. The van der Waals surface area contributed by atoms with E-state index in [1.165, 1.54) is 0 Å². The molecule has 0 aliphatic carbocycles. The third-order valence-electron chi connectivity index (χ3n) is 3.79. The molecular weight excluding hydrogens is 368 g/mol. The fraction of sp³-hybridized carbons (Fsp3) is 0.111. The first-order valence-corrected chi connectivity index (χ1v) is 7.73. The van der Waals surface area contributed by atoms with Crippen molar-refractivity contribution in [1.82, 2.24) is 4.98 Å². The Morgan fingerprint density at radius 2 is 1.50 bits per heavy atom. The van der Waals surface area contributed by atoms with Crippen LogP contribution in [0.5, 0.6) is 0 Å². The molecule has 0 N–H and O–H groups in total. The van der Waals surface area contributed by atoms with Crippen molar-refractivity contribution in [2.75, 3.05) is 0 Å². The molecule has 0 spiro atoms. The number of nitriles is 3. The zero-order chi connectivity index (χ0) is 17.2. The number of alkyl halides is 1. The number of ether oxygens (including phenoxy) is 1. The zero-order valence-electron chi connectivity index (χ0n) is 12.3. The molecule has 1 unspecified atom stereocenters. The van der Waals surface area contributed by atoms with Gasteiger partial charge >= 0.3 is 5.60 Å². The quantitative estimate of drug-likeness (QED) is 0.748. The van der Waals surface area contributed by atoms with Gasteiger partial charge in [-0.2, -0.15) is 15.8 Å². The first kappa shape index (κ1) is 15.7. The van der Waals surface area contributed by atoms with Crippen molar-refractivity contribution in [3.05, 3.63) is 66.0 Å². The van der Waals surface area contributed by atoms with Crippen molar-refractivity contribution in [1.29, 1.82) is 15.8 Å². The van der Waals surface area contributed by atoms with Crippen molar-refractivity contribution in [2.45, 2.75) is 9.93 Å². The SMILES string of the molecule is N#CC1(C#N)OC(c2ccncc2)=C(c2ccccc2)C1(Br)C#N. The molecule has 0 radical (unpaired) electrons. The Morgan fingerprint density at radius 1 is 0.875 bits per heavy atom. The predicted molar refractivity (Wildman–Crippen MR) is 89.8 cm³/mol. The minimum atomic E-state index is -1.99. The molecule has 1 aliphatic heterocycles. The summed E-state index contributed by atoms with van der Waals surface area (Å²) in [6.07, 6.45) is 3.16. The predicted octanol–water partition coefficient (Wildman–Crippen LogP) is 3.42. The Morgan fingerprint density at radius 3 is 2.04 bits per heavy atom. The minimum absolute atomic E-state index is 0.310. The van der Waals surface area contributed by atoms with Crippen LogP contribution >= 0.6 is 15.9 Å². The van der Waals surface area contributed by atoms with Crippen LogP contribution in [0.4, 0.5) is 0 Å². The van der Waals surface area contributed by atoms with Crippen LogP contribution in [0.25, 0.3) is 11.3 Å². The second-order valence-electron chi connectivity index (χ2n) is 5.08. The molecule has 0 fully saturated rings. The molecule has 6 heteroatoms. The number of pyridine rings is 1. The number of rotatable bonds is 2. The number of nitrogens with zero attached hydrogens (tertiary/aromatic N) is 4. The molecule has 2 aromatic rings. The first-order chi connectivity index (χ1) is 11.6. The number of hydrogen-bond acceptors (Lipinski definition) is 5. The molecule has 0 bridgehead atoms. The lowest BCUT2D eigenvalue weighted by Crippen LogP contribution is -2.45. The Balaban J connectivity index is 2.37. The summed E-state index contributed by atoms with van der Waals surface area (Å²) in [7, 11) is 0. The second kappa shape index (κ2) is 5.81. The molecule has 0 amide bonds. The average Bonchev–Trinajstić information content (AvgIpc) is 2.93. The minimum Gasteiger partial charge on any atom is -0.455 e. The van der Waals surface area contributed by atoms with Gasteiger partial charge in [0.2, 0.25) is 4.32 Å². The van der Waals surface area contributed by atoms with Gasteiger partial charge in [-0.3, -0.25) is 4.98 Å². The highest BCUT2D eigenvalue weighted by atomic mass is 79.9. The monoisotopic (exact) mass is 376 g/mol. The van der Waals surface area contributed by atoms with E-state index >= 15 is 0 Å². The van der Waals surface area contributed by atoms with E-state index in [0.29, 0.717) is 22.5 Å². The Kier molecular flexibility index (Phi) is 3.81. The molecule has 1 aromatic heterocycles. The summed E-state index contributed by atoms with van der Waals surface area (Å²) in [6.45, 7) is 0. The summed E-state index contributed by atoms with van der Waals surface area (Å²) in [6, 6.07) is 18.3. The molecule has 0 saturated heterocycles. The molecular formula is C18H9BrN4O. The lowest BCUT2D eigenvalue weighted by atomic mass is 9.82. The van der Waals surface area contributed by atoms with Crippen LogP contribution in [0.1, 0.15) is 11.1 Å². The standard InChI is InChI=1S/C18H9BrN4O/c19-18(12-22)15(13-4-2-1-3-5-13)16(14-6-8-23-9-7-14)24-17(18,10-20)11-21/h1-9H. The fourth-order valence-electron chi connectivity index (χ4n) is 2.61. The zero-order valence-corrected chi connectivity index (χ0v) is 13.9. The Hall–Kier alpha value is -3.14. The molecule has 2 heterocycles. The largest absolute Gasteiger partial charge is 0.455 e.